The number of nitrogens with zero attached hydrogens (tertiary/aromatic N) is 3. The number of rotatable bonds is 1. The second-order valence-electron chi connectivity index (χ2n) is 9.25. The summed E-state index contributed by atoms with van der Waals surface area (Å²) in [6, 6.07) is 3.72. The summed E-state index contributed by atoms with van der Waals surface area (Å²) in [6.07, 6.45) is 5.08. The second-order valence-corrected chi connectivity index (χ2v) is 9.25. The first-order chi connectivity index (χ1) is 13.2. The number of H-pyrrole nitrogens is 1. The fraction of sp³-hybridized carbons (Fsp3) is 0.545. The van der Waals surface area contributed by atoms with Gasteiger partial charge in [-0.15, -0.1) is 0 Å². The van der Waals surface area contributed by atoms with Gasteiger partial charge in [-0.25, -0.2) is 4.98 Å². The summed E-state index contributed by atoms with van der Waals surface area (Å²) >= 11 is 0. The second kappa shape index (κ2) is 6.54. The summed E-state index contributed by atoms with van der Waals surface area (Å²) in [5.41, 5.74) is 3.09. The number of nitrogens with one attached hydrogen (secondary N) is 1. The van der Waals surface area contributed by atoms with Gasteiger partial charge in [0.05, 0.1) is 11.3 Å². The maximum Gasteiger partial charge on any atom is 0.255 e. The Kier molecular flexibility index (Phi) is 4.40. The Balaban J connectivity index is 1.58. The molecule has 1 amide bonds. The highest BCUT2D eigenvalue weighted by Gasteiger charge is 2.45. The van der Waals surface area contributed by atoms with Crippen molar-refractivity contribution in [3.05, 3.63) is 57.0 Å². The Morgan fingerprint density at radius 2 is 1.89 bits per heavy atom. The molecule has 0 radical (unpaired) electrons. The van der Waals surface area contributed by atoms with E-state index in [0.717, 1.165) is 48.5 Å². The fourth-order valence-corrected chi connectivity index (χ4v) is 4.41. The third kappa shape index (κ3) is 3.15. The number of aromatic nitrogens is 3. The van der Waals surface area contributed by atoms with E-state index in [4.69, 9.17) is 4.98 Å². The summed E-state index contributed by atoms with van der Waals surface area (Å²) < 4.78 is 0. The van der Waals surface area contributed by atoms with Crippen molar-refractivity contribution in [2.45, 2.75) is 64.2 Å². The number of amides is 1. The van der Waals surface area contributed by atoms with Crippen molar-refractivity contribution >= 4 is 5.91 Å². The van der Waals surface area contributed by atoms with Crippen molar-refractivity contribution in [3.63, 3.8) is 0 Å². The molecule has 1 aliphatic carbocycles. The third-order valence-electron chi connectivity index (χ3n) is 6.25. The highest BCUT2D eigenvalue weighted by atomic mass is 16.2. The van der Waals surface area contributed by atoms with Gasteiger partial charge in [0, 0.05) is 41.4 Å². The van der Waals surface area contributed by atoms with Crippen LogP contribution in [0, 0.1) is 6.92 Å². The predicted molar refractivity (Wildman–Crippen MR) is 108 cm³/mol. The minimum Gasteiger partial charge on any atom is -0.339 e. The molecule has 0 bridgehead atoms. The molecular weight excluding hydrogens is 352 g/mol. The molecule has 4 rings (SSSR count). The number of fused-ring (bicyclic) bond motifs is 2. The van der Waals surface area contributed by atoms with Crippen molar-refractivity contribution < 1.29 is 4.79 Å². The molecule has 148 valence electrons. The van der Waals surface area contributed by atoms with Crippen LogP contribution >= 0.6 is 0 Å². The van der Waals surface area contributed by atoms with E-state index in [0.29, 0.717) is 18.7 Å². The SMILES string of the molecule is Cc1ccc(C(=O)N2CCC3(CCc4c3nc(C(C)(C)C)[nH]c4=O)CC2)cn1. The van der Waals surface area contributed by atoms with Crippen LogP contribution in [0.5, 0.6) is 0 Å². The largest absolute Gasteiger partial charge is 0.339 e. The van der Waals surface area contributed by atoms with E-state index in [1.54, 1.807) is 6.20 Å². The number of hydrogen-bond donors (Lipinski definition) is 1. The van der Waals surface area contributed by atoms with Crippen LogP contribution in [0.3, 0.4) is 0 Å². The number of hydrogen-bond acceptors (Lipinski definition) is 4. The fourth-order valence-electron chi connectivity index (χ4n) is 4.41. The van der Waals surface area contributed by atoms with Gasteiger partial charge in [-0.05, 0) is 44.7 Å². The van der Waals surface area contributed by atoms with Crippen LogP contribution in [0.2, 0.25) is 0 Å². The van der Waals surface area contributed by atoms with Gasteiger partial charge in [-0.2, -0.15) is 0 Å². The average molecular weight is 380 g/mol. The van der Waals surface area contributed by atoms with Crippen molar-refractivity contribution in [2.75, 3.05) is 13.1 Å². The van der Waals surface area contributed by atoms with Crippen LogP contribution in [-0.4, -0.2) is 38.8 Å². The smallest absolute Gasteiger partial charge is 0.255 e. The molecule has 0 saturated carbocycles. The summed E-state index contributed by atoms with van der Waals surface area (Å²) in [6.45, 7) is 9.48. The first kappa shape index (κ1) is 18.8. The van der Waals surface area contributed by atoms with Crippen LogP contribution < -0.4 is 5.56 Å². The van der Waals surface area contributed by atoms with Crippen LogP contribution in [0.15, 0.2) is 23.1 Å². The molecule has 1 aliphatic heterocycles. The minimum absolute atomic E-state index is 0.0102. The topological polar surface area (TPSA) is 79.0 Å². The number of piperidine rings is 1. The maximum absolute atomic E-state index is 12.8. The van der Waals surface area contributed by atoms with E-state index >= 15 is 0 Å². The lowest BCUT2D eigenvalue weighted by Crippen LogP contribution is -2.45. The molecule has 3 heterocycles. The van der Waals surface area contributed by atoms with Gasteiger partial charge in [-0.3, -0.25) is 14.6 Å². The number of aryl methyl sites for hydroxylation is 1. The summed E-state index contributed by atoms with van der Waals surface area (Å²) in [5, 5.41) is 0. The van der Waals surface area contributed by atoms with Crippen LogP contribution in [0.1, 0.15) is 73.2 Å². The quantitative estimate of drug-likeness (QED) is 0.825. The molecule has 1 saturated heterocycles. The molecular formula is C22H28N4O2. The molecule has 0 atom stereocenters. The lowest BCUT2D eigenvalue weighted by atomic mass is 9.76. The zero-order valence-electron chi connectivity index (χ0n) is 17.1. The minimum atomic E-state index is -0.201. The molecule has 2 aromatic heterocycles. The standard InChI is InChI=1S/C22H28N4O2/c1-14-5-6-15(13-23-14)19(28)26-11-9-22(10-12-26)8-7-16-17(22)24-20(21(2,3)4)25-18(16)27/h5-6,13H,7-12H2,1-4H3,(H,24,25,27). The first-order valence-corrected chi connectivity index (χ1v) is 10.1. The highest BCUT2D eigenvalue weighted by Crippen LogP contribution is 2.44. The lowest BCUT2D eigenvalue weighted by Gasteiger charge is -2.39. The third-order valence-corrected chi connectivity index (χ3v) is 6.25. The van der Waals surface area contributed by atoms with E-state index in [1.807, 2.05) is 24.0 Å². The van der Waals surface area contributed by atoms with Gasteiger partial charge in [0.1, 0.15) is 5.82 Å². The van der Waals surface area contributed by atoms with E-state index < -0.39 is 0 Å². The zero-order chi connectivity index (χ0) is 20.1. The van der Waals surface area contributed by atoms with Gasteiger partial charge in [0.15, 0.2) is 0 Å². The molecule has 1 spiro atoms. The molecule has 2 aliphatic rings. The molecule has 6 nitrogen and oxygen atoms in total. The Morgan fingerprint density at radius 3 is 2.50 bits per heavy atom. The van der Waals surface area contributed by atoms with Crippen LogP contribution in [-0.2, 0) is 17.3 Å². The average Bonchev–Trinajstić information content (AvgIpc) is 3.01. The summed E-state index contributed by atoms with van der Waals surface area (Å²) in [5.74, 6) is 0.788. The van der Waals surface area contributed by atoms with Gasteiger partial charge < -0.3 is 9.88 Å². The van der Waals surface area contributed by atoms with Crippen molar-refractivity contribution in [1.82, 2.24) is 19.9 Å². The molecule has 1 fully saturated rings. The first-order valence-electron chi connectivity index (χ1n) is 10.1. The van der Waals surface area contributed by atoms with Gasteiger partial charge in [0.2, 0.25) is 0 Å². The molecule has 28 heavy (non-hydrogen) atoms. The van der Waals surface area contributed by atoms with Gasteiger partial charge in [0.25, 0.3) is 11.5 Å². The Labute approximate surface area is 165 Å². The van der Waals surface area contributed by atoms with E-state index in [1.165, 1.54) is 0 Å². The van der Waals surface area contributed by atoms with E-state index in [2.05, 4.69) is 30.7 Å². The van der Waals surface area contributed by atoms with Crippen molar-refractivity contribution in [2.24, 2.45) is 0 Å². The van der Waals surface area contributed by atoms with E-state index in [-0.39, 0.29) is 22.3 Å². The molecule has 0 aromatic carbocycles. The summed E-state index contributed by atoms with van der Waals surface area (Å²) in [7, 11) is 0. The maximum atomic E-state index is 12.8. The number of carbonyl (C=O) groups excluding carboxylic acids is 1. The lowest BCUT2D eigenvalue weighted by molar-refractivity contribution is 0.0663. The van der Waals surface area contributed by atoms with Crippen molar-refractivity contribution in [1.29, 1.82) is 0 Å². The zero-order valence-corrected chi connectivity index (χ0v) is 17.1. The van der Waals surface area contributed by atoms with Crippen molar-refractivity contribution in [3.8, 4) is 0 Å². The van der Waals surface area contributed by atoms with Crippen LogP contribution in [0.25, 0.3) is 0 Å². The van der Waals surface area contributed by atoms with Gasteiger partial charge >= 0.3 is 0 Å². The number of pyridine rings is 1. The predicted octanol–water partition coefficient (Wildman–Crippen LogP) is 2.89. The Hall–Kier alpha value is -2.50. The molecule has 1 N–H and O–H groups in total. The number of carbonyl (C=O) groups is 1. The monoisotopic (exact) mass is 380 g/mol. The summed E-state index contributed by atoms with van der Waals surface area (Å²) in [4.78, 5) is 39.5. The highest BCUT2D eigenvalue weighted by molar-refractivity contribution is 5.94. The van der Waals surface area contributed by atoms with Gasteiger partial charge in [-0.1, -0.05) is 20.8 Å². The number of likely N-dealkylation sites (tertiary alicyclic amines) is 1. The Morgan fingerprint density at radius 1 is 1.18 bits per heavy atom. The van der Waals surface area contributed by atoms with E-state index in [9.17, 15) is 9.59 Å². The molecule has 2 aromatic rings. The normalized spacial score (nSPS) is 18.4. The molecule has 0 unspecified atom stereocenters. The Bertz CT molecular complexity index is 962. The number of aromatic amines is 1. The van der Waals surface area contributed by atoms with Crippen LogP contribution in [0.4, 0.5) is 0 Å². The molecule has 6 heteroatoms.